The van der Waals surface area contributed by atoms with Gasteiger partial charge in [0.1, 0.15) is 5.37 Å². The van der Waals surface area contributed by atoms with Gasteiger partial charge >= 0.3 is 0 Å². The van der Waals surface area contributed by atoms with Crippen LogP contribution in [0.5, 0.6) is 0 Å². The summed E-state index contributed by atoms with van der Waals surface area (Å²) in [6, 6.07) is 0. The average Bonchev–Trinajstić information content (AvgIpc) is 2.17. The lowest BCUT2D eigenvalue weighted by molar-refractivity contribution is 0.266. The van der Waals surface area contributed by atoms with E-state index in [1.54, 1.807) is 6.92 Å². The minimum absolute atomic E-state index is 0.139. The summed E-state index contributed by atoms with van der Waals surface area (Å²) in [5.41, 5.74) is 4.91. The van der Waals surface area contributed by atoms with Gasteiger partial charge in [-0.15, -0.1) is 0 Å². The zero-order valence-electron chi connectivity index (χ0n) is 8.76. The summed E-state index contributed by atoms with van der Waals surface area (Å²) in [7, 11) is -3.98. The molecule has 0 amide bonds. The second kappa shape index (κ2) is 10.3. The van der Waals surface area contributed by atoms with E-state index in [9.17, 15) is 8.42 Å². The molecule has 0 saturated heterocycles. The van der Waals surface area contributed by atoms with Gasteiger partial charge in [-0.25, -0.2) is 0 Å². The van der Waals surface area contributed by atoms with E-state index >= 15 is 0 Å². The van der Waals surface area contributed by atoms with Crippen LogP contribution in [0.4, 0.5) is 0 Å². The van der Waals surface area contributed by atoms with E-state index in [-0.39, 0.29) is 19.6 Å². The quantitative estimate of drug-likeness (QED) is 0.273. The van der Waals surface area contributed by atoms with Gasteiger partial charge in [0.25, 0.3) is 10.1 Å². The predicted octanol–water partition coefficient (Wildman–Crippen LogP) is -1.87. The topological polar surface area (TPSA) is 133 Å². The Balaban J connectivity index is 0. The van der Waals surface area contributed by atoms with Crippen LogP contribution >= 0.6 is 0 Å². The van der Waals surface area contributed by atoms with E-state index in [0.717, 1.165) is 0 Å². The van der Waals surface area contributed by atoms with Crippen LogP contribution in [0, 0.1) is 0 Å². The highest BCUT2D eigenvalue weighted by Crippen LogP contribution is 1.93. The van der Waals surface area contributed by atoms with Crippen LogP contribution in [0.2, 0.25) is 0 Å². The van der Waals surface area contributed by atoms with Gasteiger partial charge in [-0.05, 0) is 6.42 Å². The van der Waals surface area contributed by atoms with Crippen LogP contribution in [0.15, 0.2) is 0 Å². The highest BCUT2D eigenvalue weighted by atomic mass is 32.2. The number of rotatable bonds is 6. The van der Waals surface area contributed by atoms with Crippen molar-refractivity contribution in [3.63, 3.8) is 0 Å². The Kier molecular flexibility index (Phi) is 11.7. The highest BCUT2D eigenvalue weighted by molar-refractivity contribution is 7.86. The Labute approximate surface area is 90.0 Å². The standard InChI is InChI=1S/C4H11NO2.C3H9NO3S/c6-3-1-5-2-4-7;1-2-3(4)8(5,6)7/h5-7H,1-4H2;3H,2,4H2,1H3,(H,5,6,7). The molecule has 0 fully saturated rings. The van der Waals surface area contributed by atoms with Gasteiger partial charge in [0.15, 0.2) is 0 Å². The third-order valence-corrected chi connectivity index (χ3v) is 2.46. The molecule has 0 aromatic rings. The molecule has 0 bridgehead atoms. The molecule has 0 rings (SSSR count). The first-order valence-corrected chi connectivity index (χ1v) is 6.04. The van der Waals surface area contributed by atoms with E-state index in [1.165, 1.54) is 0 Å². The molecule has 94 valence electrons. The first-order valence-electron chi connectivity index (χ1n) is 4.54. The summed E-state index contributed by atoms with van der Waals surface area (Å²) in [4.78, 5) is 0. The van der Waals surface area contributed by atoms with Crippen LogP contribution in [0.3, 0.4) is 0 Å². The van der Waals surface area contributed by atoms with Gasteiger partial charge < -0.3 is 21.3 Å². The number of nitrogens with one attached hydrogen (secondary N) is 1. The number of hydrogen-bond donors (Lipinski definition) is 5. The fraction of sp³-hybridized carbons (Fsp3) is 1.00. The minimum Gasteiger partial charge on any atom is -0.395 e. The molecule has 15 heavy (non-hydrogen) atoms. The fourth-order valence-corrected chi connectivity index (χ4v) is 0.915. The lowest BCUT2D eigenvalue weighted by atomic mass is 10.5. The Bertz CT molecular complexity index is 215. The molecule has 1 unspecified atom stereocenters. The molecule has 0 aromatic heterocycles. The Hall–Kier alpha value is -0.250. The molecule has 7 nitrogen and oxygen atoms in total. The molecular weight excluding hydrogens is 224 g/mol. The van der Waals surface area contributed by atoms with Crippen LogP contribution in [0.25, 0.3) is 0 Å². The van der Waals surface area contributed by atoms with Crippen LogP contribution in [-0.4, -0.2) is 54.9 Å². The van der Waals surface area contributed by atoms with Crippen molar-refractivity contribution < 1.29 is 23.2 Å². The molecule has 6 N–H and O–H groups in total. The summed E-state index contributed by atoms with van der Waals surface area (Å²) in [6.45, 7) is 3.00. The first-order chi connectivity index (χ1) is 6.90. The van der Waals surface area contributed by atoms with E-state index in [4.69, 9.17) is 20.5 Å². The van der Waals surface area contributed by atoms with E-state index < -0.39 is 15.5 Å². The van der Waals surface area contributed by atoms with Crippen molar-refractivity contribution in [1.82, 2.24) is 5.32 Å². The van der Waals surface area contributed by atoms with Gasteiger partial charge in [0.2, 0.25) is 0 Å². The van der Waals surface area contributed by atoms with Crippen molar-refractivity contribution in [3.05, 3.63) is 0 Å². The number of nitrogens with two attached hydrogens (primary N) is 1. The highest BCUT2D eigenvalue weighted by Gasteiger charge is 2.13. The average molecular weight is 244 g/mol. The molecule has 0 aromatic carbocycles. The molecule has 0 aliphatic rings. The summed E-state index contributed by atoms with van der Waals surface area (Å²) in [5, 5.41) is 18.0. The largest absolute Gasteiger partial charge is 0.395 e. The lowest BCUT2D eigenvalue weighted by Crippen LogP contribution is -2.28. The summed E-state index contributed by atoms with van der Waals surface area (Å²) < 4.78 is 28.1. The van der Waals surface area contributed by atoms with Crippen LogP contribution in [0.1, 0.15) is 13.3 Å². The zero-order valence-corrected chi connectivity index (χ0v) is 9.57. The SMILES string of the molecule is CCC(N)S(=O)(=O)O.OCCNCCO. The molecule has 0 spiro atoms. The smallest absolute Gasteiger partial charge is 0.280 e. The van der Waals surface area contributed by atoms with Crippen molar-refractivity contribution >= 4 is 10.1 Å². The monoisotopic (exact) mass is 244 g/mol. The van der Waals surface area contributed by atoms with Crippen molar-refractivity contribution in [2.24, 2.45) is 5.73 Å². The van der Waals surface area contributed by atoms with Gasteiger partial charge in [-0.1, -0.05) is 6.92 Å². The summed E-state index contributed by atoms with van der Waals surface area (Å²) >= 11 is 0. The molecular formula is C7H20N2O5S. The van der Waals surface area contributed by atoms with Gasteiger partial charge in [0, 0.05) is 13.1 Å². The summed E-state index contributed by atoms with van der Waals surface area (Å²) in [5.74, 6) is 0. The Morgan fingerprint density at radius 3 is 1.80 bits per heavy atom. The molecule has 1 atom stereocenters. The molecule has 8 heteroatoms. The van der Waals surface area contributed by atoms with Gasteiger partial charge in [-0.2, -0.15) is 8.42 Å². The predicted molar refractivity (Wildman–Crippen MR) is 56.9 cm³/mol. The first kappa shape index (κ1) is 17.2. The number of hydrogen-bond acceptors (Lipinski definition) is 6. The Morgan fingerprint density at radius 2 is 1.67 bits per heavy atom. The molecule has 0 saturated carbocycles. The second-order valence-corrected chi connectivity index (χ2v) is 4.29. The van der Waals surface area contributed by atoms with Gasteiger partial charge in [-0.3, -0.25) is 4.55 Å². The third kappa shape index (κ3) is 13.8. The molecule has 0 aliphatic heterocycles. The number of aliphatic hydroxyl groups excluding tert-OH is 2. The van der Waals surface area contributed by atoms with Crippen LogP contribution < -0.4 is 11.1 Å². The maximum absolute atomic E-state index is 9.99. The van der Waals surface area contributed by atoms with Crippen LogP contribution in [-0.2, 0) is 10.1 Å². The van der Waals surface area contributed by atoms with Crippen molar-refractivity contribution in [2.75, 3.05) is 26.3 Å². The van der Waals surface area contributed by atoms with Crippen molar-refractivity contribution in [2.45, 2.75) is 18.7 Å². The van der Waals surface area contributed by atoms with Crippen molar-refractivity contribution in [1.29, 1.82) is 0 Å². The minimum atomic E-state index is -3.98. The third-order valence-electron chi connectivity index (χ3n) is 1.36. The maximum Gasteiger partial charge on any atom is 0.280 e. The van der Waals surface area contributed by atoms with Gasteiger partial charge in [0.05, 0.1) is 13.2 Å². The van der Waals surface area contributed by atoms with E-state index in [2.05, 4.69) is 5.32 Å². The normalized spacial score (nSPS) is 12.9. The zero-order chi connectivity index (χ0) is 12.3. The lowest BCUT2D eigenvalue weighted by Gasteiger charge is -2.01. The fourth-order valence-electron chi connectivity index (χ4n) is 0.494. The maximum atomic E-state index is 9.99. The molecule has 0 heterocycles. The second-order valence-electron chi connectivity index (χ2n) is 2.66. The van der Waals surface area contributed by atoms with Crippen molar-refractivity contribution in [3.8, 4) is 0 Å². The molecule has 0 radical (unpaired) electrons. The van der Waals surface area contributed by atoms with E-state index in [0.29, 0.717) is 13.1 Å². The Morgan fingerprint density at radius 1 is 1.27 bits per heavy atom. The molecule has 0 aliphatic carbocycles. The van der Waals surface area contributed by atoms with E-state index in [1.807, 2.05) is 0 Å². The summed E-state index contributed by atoms with van der Waals surface area (Å²) in [6.07, 6.45) is 0.235. The number of aliphatic hydroxyl groups is 2.